The van der Waals surface area contributed by atoms with E-state index in [4.69, 9.17) is 0 Å². The van der Waals surface area contributed by atoms with Crippen molar-refractivity contribution in [3.8, 4) is 5.75 Å². The maximum absolute atomic E-state index is 13.6. The summed E-state index contributed by atoms with van der Waals surface area (Å²) in [6.07, 6.45) is -5.15. The van der Waals surface area contributed by atoms with Crippen LogP contribution in [-0.4, -0.2) is 43.9 Å². The van der Waals surface area contributed by atoms with Crippen LogP contribution >= 0.6 is 11.3 Å². The number of rotatable bonds is 6. The predicted octanol–water partition coefficient (Wildman–Crippen LogP) is 3.26. The third-order valence-electron chi connectivity index (χ3n) is 4.48. The fourth-order valence-corrected chi connectivity index (χ4v) is 3.62. The second kappa shape index (κ2) is 8.44. The van der Waals surface area contributed by atoms with Gasteiger partial charge in [-0.15, -0.1) is 10.2 Å². The first-order chi connectivity index (χ1) is 14.5. The zero-order valence-electron chi connectivity index (χ0n) is 15.9. The number of alkyl halides is 3. The van der Waals surface area contributed by atoms with E-state index in [1.165, 1.54) is 36.4 Å². The highest BCUT2D eigenvalue weighted by molar-refractivity contribution is 7.13. The number of phenolic OH excluding ortho intramolecular Hbond substituents is 1. The van der Waals surface area contributed by atoms with Crippen LogP contribution in [0.2, 0.25) is 0 Å². The number of benzene rings is 2. The van der Waals surface area contributed by atoms with Crippen LogP contribution in [0.15, 0.2) is 54.6 Å². The molecular weight excluding hydrogens is 435 g/mol. The Kier molecular flexibility index (Phi) is 6.09. The van der Waals surface area contributed by atoms with Crippen molar-refractivity contribution in [2.24, 2.45) is 0 Å². The minimum atomic E-state index is -5.15. The molecule has 0 aliphatic rings. The van der Waals surface area contributed by atoms with Crippen molar-refractivity contribution in [2.75, 3.05) is 0 Å². The van der Waals surface area contributed by atoms with Gasteiger partial charge in [-0.2, -0.15) is 13.2 Å². The molecule has 3 N–H and O–H groups in total. The topological polar surface area (TPSA) is 112 Å². The van der Waals surface area contributed by atoms with E-state index in [2.05, 4.69) is 15.5 Å². The molecule has 0 saturated heterocycles. The number of hydrogen-bond acceptors (Lipinski definition) is 7. The summed E-state index contributed by atoms with van der Waals surface area (Å²) in [6, 6.07) is 11.1. The number of aromatic hydroxyl groups is 1. The zero-order chi connectivity index (χ0) is 22.8. The van der Waals surface area contributed by atoms with Gasteiger partial charge in [0.05, 0.1) is 5.56 Å². The summed E-state index contributed by atoms with van der Waals surface area (Å²) < 4.78 is 40.7. The molecule has 1 amide bonds. The van der Waals surface area contributed by atoms with Crippen molar-refractivity contribution in [1.82, 2.24) is 15.5 Å². The third kappa shape index (κ3) is 4.57. The molecule has 1 heterocycles. The van der Waals surface area contributed by atoms with Gasteiger partial charge in [-0.1, -0.05) is 53.8 Å². The van der Waals surface area contributed by atoms with Gasteiger partial charge in [0.25, 0.3) is 5.91 Å². The molecule has 2 aromatic carbocycles. The van der Waals surface area contributed by atoms with E-state index < -0.39 is 40.3 Å². The Morgan fingerprint density at radius 2 is 1.65 bits per heavy atom. The van der Waals surface area contributed by atoms with Gasteiger partial charge in [-0.3, -0.25) is 9.59 Å². The van der Waals surface area contributed by atoms with Crippen molar-refractivity contribution in [3.05, 3.63) is 75.7 Å². The molecule has 2 unspecified atom stereocenters. The molecule has 1 aromatic heterocycles. The van der Waals surface area contributed by atoms with E-state index in [1.807, 2.05) is 0 Å². The molecule has 0 spiro atoms. The number of para-hydroxylation sites is 1. The van der Waals surface area contributed by atoms with Crippen LogP contribution in [0.3, 0.4) is 0 Å². The Morgan fingerprint density at radius 1 is 1.03 bits per heavy atom. The fourth-order valence-electron chi connectivity index (χ4n) is 2.64. The number of nitrogens with zero attached hydrogens (tertiary/aromatic N) is 2. The number of hydrogen-bond donors (Lipinski definition) is 3. The van der Waals surface area contributed by atoms with Gasteiger partial charge >= 0.3 is 6.18 Å². The van der Waals surface area contributed by atoms with Crippen LogP contribution in [0, 0.1) is 0 Å². The van der Waals surface area contributed by atoms with Crippen molar-refractivity contribution in [2.45, 2.75) is 24.7 Å². The maximum Gasteiger partial charge on any atom is 0.419 e. The quantitative estimate of drug-likeness (QED) is 0.496. The lowest BCUT2D eigenvalue weighted by Gasteiger charge is -2.33. The number of ketones is 1. The average molecular weight is 451 g/mol. The summed E-state index contributed by atoms with van der Waals surface area (Å²) in [5.74, 6) is -2.09. The van der Waals surface area contributed by atoms with Gasteiger partial charge in [0.15, 0.2) is 10.6 Å². The van der Waals surface area contributed by atoms with Gasteiger partial charge in [-0.25, -0.2) is 0 Å². The molecule has 11 heteroatoms. The van der Waals surface area contributed by atoms with Crippen molar-refractivity contribution in [1.29, 1.82) is 0 Å². The standard InChI is InChI=1S/C20H16F3N3O4S/c1-19(30,20(21,22)23)15(24-16(29)12-9-5-6-10-13(12)27)18-26-25-17(31-18)14(28)11-7-3-2-4-8-11/h2-10,15,27,30H,1H3,(H,24,29). The van der Waals surface area contributed by atoms with Crippen LogP contribution in [-0.2, 0) is 0 Å². The van der Waals surface area contributed by atoms with E-state index in [9.17, 15) is 33.0 Å². The lowest BCUT2D eigenvalue weighted by Crippen LogP contribution is -2.53. The average Bonchev–Trinajstić information content (AvgIpc) is 3.21. The molecular formula is C20H16F3N3O4S. The minimum Gasteiger partial charge on any atom is -0.507 e. The summed E-state index contributed by atoms with van der Waals surface area (Å²) in [5, 5.41) is 28.8. The summed E-state index contributed by atoms with van der Waals surface area (Å²) >= 11 is 0.519. The number of aromatic nitrogens is 2. The first kappa shape index (κ1) is 22.4. The lowest BCUT2D eigenvalue weighted by atomic mass is 9.95. The van der Waals surface area contributed by atoms with Crippen molar-refractivity contribution in [3.63, 3.8) is 0 Å². The Morgan fingerprint density at radius 3 is 2.26 bits per heavy atom. The van der Waals surface area contributed by atoms with Gasteiger partial charge in [-0.05, 0) is 19.1 Å². The summed E-state index contributed by atoms with van der Waals surface area (Å²) in [4.78, 5) is 25.0. The predicted molar refractivity (Wildman–Crippen MR) is 105 cm³/mol. The molecule has 0 fully saturated rings. The van der Waals surface area contributed by atoms with E-state index in [1.54, 1.807) is 18.2 Å². The highest BCUT2D eigenvalue weighted by atomic mass is 32.1. The maximum atomic E-state index is 13.6. The number of amides is 1. The van der Waals surface area contributed by atoms with Crippen molar-refractivity contribution < 1.29 is 33.0 Å². The number of halogens is 3. The second-order valence-electron chi connectivity index (χ2n) is 6.71. The first-order valence-electron chi connectivity index (χ1n) is 8.83. The summed E-state index contributed by atoms with van der Waals surface area (Å²) in [5.41, 5.74) is -3.49. The molecule has 0 saturated carbocycles. The summed E-state index contributed by atoms with van der Waals surface area (Å²) in [6.45, 7) is 0.475. The molecule has 0 radical (unpaired) electrons. The minimum absolute atomic E-state index is 0.207. The van der Waals surface area contributed by atoms with E-state index in [-0.39, 0.29) is 16.1 Å². The molecule has 2 atom stereocenters. The van der Waals surface area contributed by atoms with Crippen LogP contribution in [0.4, 0.5) is 13.2 Å². The largest absolute Gasteiger partial charge is 0.507 e. The molecule has 0 aliphatic carbocycles. The summed E-state index contributed by atoms with van der Waals surface area (Å²) in [7, 11) is 0. The molecule has 31 heavy (non-hydrogen) atoms. The molecule has 0 bridgehead atoms. The van der Waals surface area contributed by atoms with Gasteiger partial charge in [0, 0.05) is 5.56 Å². The van der Waals surface area contributed by atoms with Gasteiger partial charge in [0.2, 0.25) is 5.78 Å². The highest BCUT2D eigenvalue weighted by Gasteiger charge is 2.57. The molecule has 7 nitrogen and oxygen atoms in total. The van der Waals surface area contributed by atoms with Gasteiger partial charge < -0.3 is 15.5 Å². The van der Waals surface area contributed by atoms with Crippen LogP contribution < -0.4 is 5.32 Å². The number of carbonyl (C=O) groups is 2. The van der Waals surface area contributed by atoms with Crippen LogP contribution in [0.5, 0.6) is 5.75 Å². The van der Waals surface area contributed by atoms with Crippen LogP contribution in [0.1, 0.15) is 43.7 Å². The monoisotopic (exact) mass is 451 g/mol. The van der Waals surface area contributed by atoms with E-state index in [0.717, 1.165) is 0 Å². The smallest absolute Gasteiger partial charge is 0.419 e. The Labute approximate surface area is 178 Å². The SMILES string of the molecule is CC(O)(C(NC(=O)c1ccccc1O)c1nnc(C(=O)c2ccccc2)s1)C(F)(F)F. The van der Waals surface area contributed by atoms with Crippen LogP contribution in [0.25, 0.3) is 0 Å². The second-order valence-corrected chi connectivity index (χ2v) is 7.72. The number of aliphatic hydroxyl groups is 1. The number of phenols is 1. The zero-order valence-corrected chi connectivity index (χ0v) is 16.7. The first-order valence-corrected chi connectivity index (χ1v) is 9.65. The Hall–Kier alpha value is -3.31. The molecule has 0 aliphatic heterocycles. The lowest BCUT2D eigenvalue weighted by molar-refractivity contribution is -0.263. The molecule has 3 rings (SSSR count). The Bertz CT molecular complexity index is 1100. The third-order valence-corrected chi connectivity index (χ3v) is 5.46. The highest BCUT2D eigenvalue weighted by Crippen LogP contribution is 2.41. The van der Waals surface area contributed by atoms with E-state index in [0.29, 0.717) is 18.3 Å². The van der Waals surface area contributed by atoms with Gasteiger partial charge in [0.1, 0.15) is 16.8 Å². The number of carbonyl (C=O) groups excluding carboxylic acids is 2. The normalized spacial score (nSPS) is 14.5. The Balaban J connectivity index is 1.98. The molecule has 3 aromatic rings. The molecule has 162 valence electrons. The van der Waals surface area contributed by atoms with E-state index >= 15 is 0 Å². The number of nitrogens with one attached hydrogen (secondary N) is 1. The van der Waals surface area contributed by atoms with Crippen molar-refractivity contribution >= 4 is 23.0 Å². The fraction of sp³-hybridized carbons (Fsp3) is 0.200.